The summed E-state index contributed by atoms with van der Waals surface area (Å²) >= 11 is 3.10. The third kappa shape index (κ3) is 2.53. The fraction of sp³-hybridized carbons (Fsp3) is 0.250. The van der Waals surface area contributed by atoms with E-state index in [9.17, 15) is 4.39 Å². The molecular formula is C8H8BBrFNO. The molecule has 0 aliphatic rings. The molecule has 13 heavy (non-hydrogen) atoms. The number of halogens is 2. The fourth-order valence-electron chi connectivity index (χ4n) is 0.914. The average molecular weight is 244 g/mol. The van der Waals surface area contributed by atoms with Crippen molar-refractivity contribution in [3.63, 3.8) is 0 Å². The predicted molar refractivity (Wildman–Crippen MR) is 52.8 cm³/mol. The van der Waals surface area contributed by atoms with Crippen LogP contribution in [0.15, 0.2) is 22.7 Å². The lowest BCUT2D eigenvalue weighted by Gasteiger charge is -2.23. The summed E-state index contributed by atoms with van der Waals surface area (Å²) in [7, 11) is 5.52. The molecule has 3 N–H and O–H groups in total. The van der Waals surface area contributed by atoms with Crippen LogP contribution in [0, 0.1) is 5.82 Å². The maximum atomic E-state index is 12.9. The maximum Gasteiger partial charge on any atom is 0.124 e. The van der Waals surface area contributed by atoms with Crippen molar-refractivity contribution in [3.8, 4) is 0 Å². The van der Waals surface area contributed by atoms with E-state index in [1.807, 2.05) is 0 Å². The third-order valence-electron chi connectivity index (χ3n) is 1.66. The highest BCUT2D eigenvalue weighted by Crippen LogP contribution is 2.20. The minimum atomic E-state index is -1.40. The number of rotatable bonds is 2. The van der Waals surface area contributed by atoms with E-state index in [0.717, 1.165) is 0 Å². The van der Waals surface area contributed by atoms with Crippen LogP contribution in [0.2, 0.25) is 0 Å². The first-order valence-corrected chi connectivity index (χ1v) is 4.40. The first kappa shape index (κ1) is 10.7. The number of aliphatic hydroxyl groups is 1. The second kappa shape index (κ2) is 3.78. The lowest BCUT2D eigenvalue weighted by atomic mass is 9.74. The molecular weight excluding hydrogens is 236 g/mol. The van der Waals surface area contributed by atoms with Crippen LogP contribution in [-0.2, 0) is 5.44 Å². The smallest absolute Gasteiger partial charge is 0.124 e. The van der Waals surface area contributed by atoms with Crippen LogP contribution in [0.3, 0.4) is 0 Å². The van der Waals surface area contributed by atoms with Gasteiger partial charge in [0, 0.05) is 9.91 Å². The van der Waals surface area contributed by atoms with E-state index < -0.39 is 17.9 Å². The molecule has 0 aliphatic carbocycles. The van der Waals surface area contributed by atoms with Crippen LogP contribution in [-0.4, -0.2) is 19.6 Å². The van der Waals surface area contributed by atoms with Crippen molar-refractivity contribution in [3.05, 3.63) is 34.1 Å². The number of benzene rings is 1. The van der Waals surface area contributed by atoms with Gasteiger partial charge in [0.15, 0.2) is 0 Å². The SMILES string of the molecule is [B][C@@](N)(CO)c1cc(F)cc(Br)c1. The van der Waals surface area contributed by atoms with Crippen LogP contribution in [0.5, 0.6) is 0 Å². The van der Waals surface area contributed by atoms with Crippen molar-refractivity contribution in [2.24, 2.45) is 5.73 Å². The van der Waals surface area contributed by atoms with E-state index in [2.05, 4.69) is 15.9 Å². The van der Waals surface area contributed by atoms with E-state index in [4.69, 9.17) is 18.7 Å². The summed E-state index contributed by atoms with van der Waals surface area (Å²) in [4.78, 5) is 0. The molecule has 0 fully saturated rings. The van der Waals surface area contributed by atoms with Gasteiger partial charge >= 0.3 is 0 Å². The van der Waals surface area contributed by atoms with Gasteiger partial charge in [-0.2, -0.15) is 0 Å². The molecule has 5 heteroatoms. The highest BCUT2D eigenvalue weighted by molar-refractivity contribution is 9.10. The highest BCUT2D eigenvalue weighted by Gasteiger charge is 2.20. The van der Waals surface area contributed by atoms with Crippen molar-refractivity contribution >= 4 is 23.8 Å². The molecule has 0 bridgehead atoms. The van der Waals surface area contributed by atoms with Gasteiger partial charge in [-0.1, -0.05) is 15.9 Å². The van der Waals surface area contributed by atoms with Crippen LogP contribution in [0.25, 0.3) is 0 Å². The van der Waals surface area contributed by atoms with Crippen molar-refractivity contribution in [2.75, 3.05) is 6.61 Å². The van der Waals surface area contributed by atoms with Crippen LogP contribution < -0.4 is 5.73 Å². The quantitative estimate of drug-likeness (QED) is 0.757. The molecule has 2 radical (unpaired) electrons. The van der Waals surface area contributed by atoms with Crippen molar-refractivity contribution in [1.82, 2.24) is 0 Å². The zero-order valence-electron chi connectivity index (χ0n) is 6.80. The molecule has 0 saturated carbocycles. The number of nitrogens with two attached hydrogens (primary N) is 1. The summed E-state index contributed by atoms with van der Waals surface area (Å²) in [5, 5.41) is 8.84. The Morgan fingerprint density at radius 3 is 2.62 bits per heavy atom. The van der Waals surface area contributed by atoms with Gasteiger partial charge in [-0.25, -0.2) is 4.39 Å². The molecule has 0 amide bonds. The van der Waals surface area contributed by atoms with Crippen LogP contribution in [0.4, 0.5) is 4.39 Å². The normalized spacial score (nSPS) is 15.4. The minimum absolute atomic E-state index is 0.349. The van der Waals surface area contributed by atoms with Crippen molar-refractivity contribution < 1.29 is 9.50 Å². The van der Waals surface area contributed by atoms with Crippen LogP contribution >= 0.6 is 15.9 Å². The zero-order chi connectivity index (χ0) is 10.1. The Morgan fingerprint density at radius 1 is 1.54 bits per heavy atom. The largest absolute Gasteiger partial charge is 0.395 e. The summed E-state index contributed by atoms with van der Waals surface area (Å²) in [5.74, 6) is -0.446. The predicted octanol–water partition coefficient (Wildman–Crippen LogP) is 0.860. The molecule has 1 rings (SSSR count). The first-order valence-electron chi connectivity index (χ1n) is 3.61. The summed E-state index contributed by atoms with van der Waals surface area (Å²) in [5.41, 5.74) is 4.47. The molecule has 0 unspecified atom stereocenters. The number of hydrogen-bond acceptors (Lipinski definition) is 2. The van der Waals surface area contributed by atoms with Crippen molar-refractivity contribution in [1.29, 1.82) is 0 Å². The molecule has 0 aromatic heterocycles. The molecule has 0 heterocycles. The van der Waals surface area contributed by atoms with E-state index in [-0.39, 0.29) is 0 Å². The Kier molecular flexibility index (Phi) is 3.11. The molecule has 1 aromatic carbocycles. The van der Waals surface area contributed by atoms with Gasteiger partial charge in [0.05, 0.1) is 6.61 Å². The summed E-state index contributed by atoms with van der Waals surface area (Å²) in [6, 6.07) is 4.05. The van der Waals surface area contributed by atoms with E-state index in [1.54, 1.807) is 6.07 Å². The van der Waals surface area contributed by atoms with Gasteiger partial charge < -0.3 is 10.8 Å². The molecule has 1 aromatic rings. The van der Waals surface area contributed by atoms with Gasteiger partial charge in [-0.05, 0) is 23.8 Å². The summed E-state index contributed by atoms with van der Waals surface area (Å²) < 4.78 is 13.4. The fourth-order valence-corrected chi connectivity index (χ4v) is 1.38. The van der Waals surface area contributed by atoms with Crippen LogP contribution in [0.1, 0.15) is 5.56 Å². The Balaban J connectivity index is 3.15. The lowest BCUT2D eigenvalue weighted by molar-refractivity contribution is 0.247. The highest BCUT2D eigenvalue weighted by atomic mass is 79.9. The van der Waals surface area contributed by atoms with Crippen molar-refractivity contribution in [2.45, 2.75) is 5.44 Å². The Morgan fingerprint density at radius 2 is 2.15 bits per heavy atom. The first-order chi connectivity index (χ1) is 5.95. The van der Waals surface area contributed by atoms with Gasteiger partial charge in [0.1, 0.15) is 13.7 Å². The van der Waals surface area contributed by atoms with E-state index in [1.165, 1.54) is 12.1 Å². The zero-order valence-corrected chi connectivity index (χ0v) is 8.38. The molecule has 0 spiro atoms. The lowest BCUT2D eigenvalue weighted by Crippen LogP contribution is -2.41. The number of aliphatic hydroxyl groups excluding tert-OH is 1. The average Bonchev–Trinajstić information content (AvgIpc) is 2.02. The summed E-state index contributed by atoms with van der Waals surface area (Å²) in [6.45, 7) is -0.442. The minimum Gasteiger partial charge on any atom is -0.395 e. The molecule has 0 saturated heterocycles. The molecule has 68 valence electrons. The van der Waals surface area contributed by atoms with Gasteiger partial charge in [0.2, 0.25) is 0 Å². The second-order valence-electron chi connectivity index (χ2n) is 2.86. The Bertz CT molecular complexity index is 299. The monoisotopic (exact) mass is 243 g/mol. The maximum absolute atomic E-state index is 12.9. The standard InChI is InChI=1S/C8H8BBrFNO/c9-8(12,4-13)5-1-6(10)3-7(11)2-5/h1-3,13H,4,12H2/t8-/m1/s1. The Hall–Kier alpha value is -0.385. The topological polar surface area (TPSA) is 46.2 Å². The van der Waals surface area contributed by atoms with E-state index in [0.29, 0.717) is 10.0 Å². The van der Waals surface area contributed by atoms with Gasteiger partial charge in [-0.3, -0.25) is 0 Å². The molecule has 1 atom stereocenters. The Labute approximate surface area is 85.5 Å². The molecule has 0 aliphatic heterocycles. The second-order valence-corrected chi connectivity index (χ2v) is 3.77. The van der Waals surface area contributed by atoms with Gasteiger partial charge in [0.25, 0.3) is 0 Å². The number of hydrogen-bond donors (Lipinski definition) is 2. The summed E-state index contributed by atoms with van der Waals surface area (Å²) in [6.07, 6.45) is 0. The van der Waals surface area contributed by atoms with Gasteiger partial charge in [-0.15, -0.1) is 0 Å². The molecule has 2 nitrogen and oxygen atoms in total. The third-order valence-corrected chi connectivity index (χ3v) is 2.12. The van der Waals surface area contributed by atoms with E-state index >= 15 is 0 Å².